The minimum absolute atomic E-state index is 0.0337. The topological polar surface area (TPSA) is 61.8 Å². The Hall–Kier alpha value is -2.95. The second kappa shape index (κ2) is 8.43. The van der Waals surface area contributed by atoms with Crippen LogP contribution < -0.4 is 5.32 Å². The molecule has 1 N–H and O–H groups in total. The van der Waals surface area contributed by atoms with E-state index in [1.165, 1.54) is 5.01 Å². The number of hydrazone groups is 1. The summed E-state index contributed by atoms with van der Waals surface area (Å²) in [6.45, 7) is 2.24. The van der Waals surface area contributed by atoms with E-state index >= 15 is 0 Å². The lowest BCUT2D eigenvalue weighted by Crippen LogP contribution is -2.36. The zero-order valence-corrected chi connectivity index (χ0v) is 14.9. The van der Waals surface area contributed by atoms with Gasteiger partial charge in [-0.2, -0.15) is 5.10 Å². The lowest BCUT2D eigenvalue weighted by Gasteiger charge is -2.24. The molecule has 0 aromatic heterocycles. The number of nitrogens with zero attached hydrogens (tertiary/aromatic N) is 2. The molecule has 0 saturated heterocycles. The van der Waals surface area contributed by atoms with Crippen LogP contribution in [0.25, 0.3) is 0 Å². The fourth-order valence-corrected chi connectivity index (χ4v) is 2.96. The zero-order chi connectivity index (χ0) is 18.4. The van der Waals surface area contributed by atoms with Crippen molar-refractivity contribution in [3.63, 3.8) is 0 Å². The molecule has 0 fully saturated rings. The van der Waals surface area contributed by atoms with Crippen molar-refractivity contribution in [2.75, 3.05) is 6.54 Å². The summed E-state index contributed by atoms with van der Waals surface area (Å²) in [5.74, 6) is -0.121. The normalized spacial score (nSPS) is 15.3. The van der Waals surface area contributed by atoms with Gasteiger partial charge in [0.15, 0.2) is 0 Å². The molecule has 1 unspecified atom stereocenters. The van der Waals surface area contributed by atoms with Crippen LogP contribution in [0, 0.1) is 0 Å². The van der Waals surface area contributed by atoms with E-state index in [1.54, 1.807) is 0 Å². The number of nitrogens with one attached hydrogen (secondary N) is 1. The van der Waals surface area contributed by atoms with Crippen molar-refractivity contribution in [2.24, 2.45) is 5.10 Å². The largest absolute Gasteiger partial charge is 0.350 e. The van der Waals surface area contributed by atoms with Crippen molar-refractivity contribution in [1.29, 1.82) is 0 Å². The van der Waals surface area contributed by atoms with Crippen molar-refractivity contribution >= 4 is 17.5 Å². The summed E-state index contributed by atoms with van der Waals surface area (Å²) in [4.78, 5) is 24.3. The van der Waals surface area contributed by atoms with Gasteiger partial charge in [0.2, 0.25) is 11.8 Å². The molecule has 3 rings (SSSR count). The average Bonchev–Trinajstić information content (AvgIpc) is 2.68. The Morgan fingerprint density at radius 3 is 2.42 bits per heavy atom. The van der Waals surface area contributed by atoms with E-state index < -0.39 is 0 Å². The molecule has 2 amide bonds. The van der Waals surface area contributed by atoms with Gasteiger partial charge in [0, 0.05) is 19.3 Å². The third-order valence-corrected chi connectivity index (χ3v) is 4.44. The van der Waals surface area contributed by atoms with Gasteiger partial charge in [0.05, 0.1) is 18.3 Å². The molecule has 5 nitrogen and oxygen atoms in total. The Morgan fingerprint density at radius 1 is 1.08 bits per heavy atom. The van der Waals surface area contributed by atoms with E-state index in [9.17, 15) is 9.59 Å². The predicted octanol–water partition coefficient (Wildman–Crippen LogP) is 3.28. The SMILES string of the molecule is CC(NC(=O)CCN1N=C(c2ccccc2)CCC1=O)c1ccccc1. The number of benzene rings is 2. The Balaban J connectivity index is 1.57. The molecule has 1 heterocycles. The summed E-state index contributed by atoms with van der Waals surface area (Å²) in [6, 6.07) is 19.6. The van der Waals surface area contributed by atoms with Crippen LogP contribution in [0.5, 0.6) is 0 Å². The number of amides is 2. The van der Waals surface area contributed by atoms with Crippen LogP contribution in [0.15, 0.2) is 65.8 Å². The molecule has 0 aliphatic carbocycles. The van der Waals surface area contributed by atoms with Gasteiger partial charge in [-0.05, 0) is 18.1 Å². The highest BCUT2D eigenvalue weighted by atomic mass is 16.2. The minimum atomic E-state index is -0.0869. The Bertz CT molecular complexity index is 787. The molecule has 0 saturated carbocycles. The third-order valence-electron chi connectivity index (χ3n) is 4.44. The van der Waals surface area contributed by atoms with Gasteiger partial charge in [-0.25, -0.2) is 5.01 Å². The first-order valence-corrected chi connectivity index (χ1v) is 8.91. The monoisotopic (exact) mass is 349 g/mol. The maximum absolute atomic E-state index is 12.2. The molecular weight excluding hydrogens is 326 g/mol. The molecule has 1 atom stereocenters. The summed E-state index contributed by atoms with van der Waals surface area (Å²) < 4.78 is 0. The number of carbonyl (C=O) groups excluding carboxylic acids is 2. The van der Waals surface area contributed by atoms with Gasteiger partial charge in [-0.3, -0.25) is 9.59 Å². The molecule has 2 aromatic carbocycles. The van der Waals surface area contributed by atoms with Gasteiger partial charge >= 0.3 is 0 Å². The maximum Gasteiger partial charge on any atom is 0.243 e. The molecule has 5 heteroatoms. The van der Waals surface area contributed by atoms with Crippen LogP contribution in [0.4, 0.5) is 0 Å². The Morgan fingerprint density at radius 2 is 1.73 bits per heavy atom. The summed E-state index contributed by atoms with van der Waals surface area (Å²) in [5, 5.41) is 8.86. The van der Waals surface area contributed by atoms with Gasteiger partial charge < -0.3 is 5.32 Å². The highest BCUT2D eigenvalue weighted by molar-refractivity contribution is 6.04. The Labute approximate surface area is 153 Å². The smallest absolute Gasteiger partial charge is 0.243 e. The van der Waals surface area contributed by atoms with E-state index in [2.05, 4.69) is 10.4 Å². The number of rotatable bonds is 6. The second-order valence-electron chi connectivity index (χ2n) is 6.38. The molecule has 26 heavy (non-hydrogen) atoms. The molecule has 1 aliphatic heterocycles. The predicted molar refractivity (Wildman–Crippen MR) is 102 cm³/mol. The van der Waals surface area contributed by atoms with Crippen molar-refractivity contribution < 1.29 is 9.59 Å². The molecule has 0 bridgehead atoms. The molecule has 0 radical (unpaired) electrons. The van der Waals surface area contributed by atoms with E-state index in [0.717, 1.165) is 16.8 Å². The highest BCUT2D eigenvalue weighted by Gasteiger charge is 2.22. The van der Waals surface area contributed by atoms with Crippen LogP contribution in [-0.4, -0.2) is 29.1 Å². The van der Waals surface area contributed by atoms with Gasteiger partial charge in [0.25, 0.3) is 0 Å². The molecule has 134 valence electrons. The Kier molecular flexibility index (Phi) is 5.79. The highest BCUT2D eigenvalue weighted by Crippen LogP contribution is 2.16. The summed E-state index contributed by atoms with van der Waals surface area (Å²) in [6.07, 6.45) is 1.29. The van der Waals surface area contributed by atoms with Crippen molar-refractivity contribution in [1.82, 2.24) is 10.3 Å². The van der Waals surface area contributed by atoms with Crippen LogP contribution >= 0.6 is 0 Å². The van der Waals surface area contributed by atoms with Crippen molar-refractivity contribution in [3.8, 4) is 0 Å². The van der Waals surface area contributed by atoms with Gasteiger partial charge in [0.1, 0.15) is 0 Å². The first-order valence-electron chi connectivity index (χ1n) is 8.91. The number of carbonyl (C=O) groups is 2. The van der Waals surface area contributed by atoms with Gasteiger partial charge in [-0.1, -0.05) is 60.7 Å². The maximum atomic E-state index is 12.2. The lowest BCUT2D eigenvalue weighted by molar-refractivity contribution is -0.132. The molecule has 1 aliphatic rings. The summed E-state index contributed by atoms with van der Waals surface area (Å²) in [5.41, 5.74) is 2.97. The summed E-state index contributed by atoms with van der Waals surface area (Å²) in [7, 11) is 0. The molecule has 2 aromatic rings. The summed E-state index contributed by atoms with van der Waals surface area (Å²) >= 11 is 0. The quantitative estimate of drug-likeness (QED) is 0.870. The van der Waals surface area contributed by atoms with Crippen LogP contribution in [0.1, 0.15) is 43.4 Å². The average molecular weight is 349 g/mol. The standard InChI is InChI=1S/C21H23N3O2/c1-16(17-8-4-2-5-9-17)22-20(25)14-15-24-21(26)13-12-19(23-24)18-10-6-3-7-11-18/h2-11,16H,12-15H2,1H3,(H,22,25). The second-order valence-corrected chi connectivity index (χ2v) is 6.38. The first-order chi connectivity index (χ1) is 12.6. The fraction of sp³-hybridized carbons (Fsp3) is 0.286. The van der Waals surface area contributed by atoms with Crippen molar-refractivity contribution in [3.05, 3.63) is 71.8 Å². The van der Waals surface area contributed by atoms with E-state index in [0.29, 0.717) is 19.4 Å². The first kappa shape index (κ1) is 17.9. The van der Waals surface area contributed by atoms with E-state index in [1.807, 2.05) is 67.6 Å². The molecule has 0 spiro atoms. The van der Waals surface area contributed by atoms with Crippen LogP contribution in [0.2, 0.25) is 0 Å². The van der Waals surface area contributed by atoms with Crippen LogP contribution in [0.3, 0.4) is 0 Å². The number of hydrogen-bond acceptors (Lipinski definition) is 3. The fourth-order valence-electron chi connectivity index (χ4n) is 2.96. The molecular formula is C21H23N3O2. The lowest BCUT2D eigenvalue weighted by atomic mass is 10.0. The van der Waals surface area contributed by atoms with E-state index in [4.69, 9.17) is 0 Å². The minimum Gasteiger partial charge on any atom is -0.350 e. The zero-order valence-electron chi connectivity index (χ0n) is 14.9. The number of hydrogen-bond donors (Lipinski definition) is 1. The van der Waals surface area contributed by atoms with Crippen molar-refractivity contribution in [2.45, 2.75) is 32.2 Å². The van der Waals surface area contributed by atoms with E-state index in [-0.39, 0.29) is 24.3 Å². The third kappa shape index (κ3) is 4.57. The van der Waals surface area contributed by atoms with Gasteiger partial charge in [-0.15, -0.1) is 0 Å². The van der Waals surface area contributed by atoms with Crippen LogP contribution in [-0.2, 0) is 9.59 Å².